The van der Waals surface area contributed by atoms with E-state index in [2.05, 4.69) is 17.1 Å². The number of nitrogens with one attached hydrogen (secondary N) is 1. The Morgan fingerprint density at radius 2 is 1.82 bits per heavy atom. The molecule has 1 aliphatic heterocycles. The number of fused-ring (bicyclic) bond motifs is 1. The van der Waals surface area contributed by atoms with E-state index in [0.717, 1.165) is 62.7 Å². The number of carbonyl (C=O) groups is 2. The summed E-state index contributed by atoms with van der Waals surface area (Å²) in [5, 5.41) is 4.07. The van der Waals surface area contributed by atoms with E-state index < -0.39 is 0 Å². The zero-order chi connectivity index (χ0) is 23.8. The summed E-state index contributed by atoms with van der Waals surface area (Å²) in [6, 6.07) is 7.91. The Kier molecular flexibility index (Phi) is 6.36. The number of amides is 2. The van der Waals surface area contributed by atoms with E-state index in [9.17, 15) is 9.59 Å². The lowest BCUT2D eigenvalue weighted by atomic mass is 10.1. The van der Waals surface area contributed by atoms with Gasteiger partial charge in [-0.3, -0.25) is 14.5 Å². The third-order valence-corrected chi connectivity index (χ3v) is 8.00. The number of carbonyl (C=O) groups excluding carboxylic acids is 2. The minimum atomic E-state index is -0.0125. The van der Waals surface area contributed by atoms with Crippen LogP contribution in [0.5, 0.6) is 0 Å². The van der Waals surface area contributed by atoms with Crippen molar-refractivity contribution in [1.29, 1.82) is 0 Å². The molecule has 1 N–H and O–H groups in total. The van der Waals surface area contributed by atoms with Crippen LogP contribution in [-0.2, 0) is 11.2 Å². The van der Waals surface area contributed by atoms with Gasteiger partial charge in [-0.25, -0.2) is 9.97 Å². The summed E-state index contributed by atoms with van der Waals surface area (Å²) >= 11 is 1.50. The lowest BCUT2D eigenvalue weighted by Gasteiger charge is -2.34. The maximum Gasteiger partial charge on any atom is 0.264 e. The van der Waals surface area contributed by atoms with Gasteiger partial charge in [0.15, 0.2) is 0 Å². The van der Waals surface area contributed by atoms with Crippen LogP contribution in [0.3, 0.4) is 0 Å². The Morgan fingerprint density at radius 1 is 1.09 bits per heavy atom. The molecule has 0 bridgehead atoms. The Bertz CT molecular complexity index is 1240. The molecule has 3 aromatic rings. The molecule has 1 saturated heterocycles. The molecule has 1 saturated carbocycles. The zero-order valence-corrected chi connectivity index (χ0v) is 20.9. The normalized spacial score (nSPS) is 16.7. The van der Waals surface area contributed by atoms with Gasteiger partial charge < -0.3 is 10.2 Å². The lowest BCUT2D eigenvalue weighted by molar-refractivity contribution is -0.117. The first kappa shape index (κ1) is 22.9. The Balaban J connectivity index is 1.21. The van der Waals surface area contributed by atoms with Crippen molar-refractivity contribution >= 4 is 39.1 Å². The highest BCUT2D eigenvalue weighted by Gasteiger charge is 2.30. The molecule has 2 fully saturated rings. The van der Waals surface area contributed by atoms with Crippen LogP contribution >= 0.6 is 11.3 Å². The Hall–Kier alpha value is -2.84. The van der Waals surface area contributed by atoms with Crippen LogP contribution in [0.1, 0.15) is 58.0 Å². The van der Waals surface area contributed by atoms with Gasteiger partial charge in [0.2, 0.25) is 5.91 Å². The fraction of sp³-hybridized carbons (Fsp3) is 0.462. The second-order valence-electron chi connectivity index (χ2n) is 9.31. The highest BCUT2D eigenvalue weighted by Crippen LogP contribution is 2.40. The van der Waals surface area contributed by atoms with Gasteiger partial charge in [0.1, 0.15) is 10.7 Å². The zero-order valence-electron chi connectivity index (χ0n) is 20.1. The van der Waals surface area contributed by atoms with Gasteiger partial charge in [-0.1, -0.05) is 25.1 Å². The van der Waals surface area contributed by atoms with E-state index in [1.165, 1.54) is 11.3 Å². The summed E-state index contributed by atoms with van der Waals surface area (Å²) in [6.07, 6.45) is 3.20. The fourth-order valence-electron chi connectivity index (χ4n) is 4.68. The van der Waals surface area contributed by atoms with Crippen molar-refractivity contribution in [2.45, 2.75) is 46.0 Å². The van der Waals surface area contributed by atoms with Gasteiger partial charge in [-0.2, -0.15) is 0 Å². The number of para-hydroxylation sites is 1. The third-order valence-electron chi connectivity index (χ3n) is 6.82. The van der Waals surface area contributed by atoms with Gasteiger partial charge in [-0.15, -0.1) is 11.3 Å². The maximum absolute atomic E-state index is 13.4. The molecular weight excluding hydrogens is 446 g/mol. The number of aryl methyl sites for hydroxylation is 3. The average Bonchev–Trinajstić information content (AvgIpc) is 3.63. The number of nitrogens with zero attached hydrogens (tertiary/aromatic N) is 4. The summed E-state index contributed by atoms with van der Waals surface area (Å²) in [5.41, 5.74) is 3.97. The molecule has 0 spiro atoms. The van der Waals surface area contributed by atoms with Gasteiger partial charge >= 0.3 is 0 Å². The number of anilines is 1. The molecule has 8 heteroatoms. The summed E-state index contributed by atoms with van der Waals surface area (Å²) < 4.78 is 0. The van der Waals surface area contributed by atoms with Crippen LogP contribution in [0.4, 0.5) is 5.69 Å². The van der Waals surface area contributed by atoms with Gasteiger partial charge in [0, 0.05) is 43.2 Å². The summed E-state index contributed by atoms with van der Waals surface area (Å²) in [5.74, 6) is 1.47. The molecule has 2 amide bonds. The average molecular weight is 478 g/mol. The van der Waals surface area contributed by atoms with E-state index in [-0.39, 0.29) is 11.8 Å². The van der Waals surface area contributed by atoms with Crippen LogP contribution in [0.2, 0.25) is 0 Å². The number of hydrogen-bond donors (Lipinski definition) is 1. The molecule has 3 heterocycles. The van der Waals surface area contributed by atoms with Crippen molar-refractivity contribution in [3.8, 4) is 0 Å². The largest absolute Gasteiger partial charge is 0.335 e. The van der Waals surface area contributed by atoms with Gasteiger partial charge in [-0.05, 0) is 50.3 Å². The van der Waals surface area contributed by atoms with E-state index in [1.54, 1.807) is 0 Å². The highest BCUT2D eigenvalue weighted by molar-refractivity contribution is 7.20. The molecule has 1 aliphatic carbocycles. The van der Waals surface area contributed by atoms with Crippen molar-refractivity contribution in [1.82, 2.24) is 19.8 Å². The first-order valence-corrected chi connectivity index (χ1v) is 12.9. The number of thiophene rings is 1. The third kappa shape index (κ3) is 4.57. The number of piperazine rings is 1. The highest BCUT2D eigenvalue weighted by atomic mass is 32.1. The monoisotopic (exact) mass is 477 g/mol. The van der Waals surface area contributed by atoms with E-state index in [4.69, 9.17) is 9.97 Å². The van der Waals surface area contributed by atoms with E-state index in [1.807, 2.05) is 43.0 Å². The molecule has 178 valence electrons. The number of aromatic nitrogens is 2. The second-order valence-corrected chi connectivity index (χ2v) is 10.3. The minimum absolute atomic E-state index is 0.0125. The van der Waals surface area contributed by atoms with E-state index in [0.29, 0.717) is 38.6 Å². The molecule has 2 aliphatic rings. The van der Waals surface area contributed by atoms with Crippen molar-refractivity contribution in [3.05, 3.63) is 51.8 Å². The van der Waals surface area contributed by atoms with Crippen LogP contribution in [0.15, 0.2) is 24.3 Å². The maximum atomic E-state index is 13.4. The summed E-state index contributed by atoms with van der Waals surface area (Å²) in [7, 11) is 0. The van der Waals surface area contributed by atoms with E-state index >= 15 is 0 Å². The molecule has 7 nitrogen and oxygen atoms in total. The predicted molar refractivity (Wildman–Crippen MR) is 136 cm³/mol. The molecule has 0 unspecified atom stereocenters. The SMILES string of the molecule is CCc1ccccc1NC(=O)CN1CCN(C(=O)c2sc3nc(C4CC4)nc(C)c3c2C)CC1. The first-order chi connectivity index (χ1) is 16.4. The molecule has 0 atom stereocenters. The quantitative estimate of drug-likeness (QED) is 0.577. The first-order valence-electron chi connectivity index (χ1n) is 12.1. The molecule has 0 radical (unpaired) electrons. The van der Waals surface area contributed by atoms with Crippen LogP contribution in [0.25, 0.3) is 10.2 Å². The smallest absolute Gasteiger partial charge is 0.264 e. The van der Waals surface area contributed by atoms with Crippen LogP contribution in [0, 0.1) is 13.8 Å². The standard InChI is InChI=1S/C26H31N5O2S/c1-4-18-7-5-6-8-20(18)28-21(32)15-30-11-13-31(14-12-30)26(33)23-16(2)22-17(3)27-24(19-9-10-19)29-25(22)34-23/h5-8,19H,4,9-15H2,1-3H3,(H,28,32). The van der Waals surface area contributed by atoms with Crippen molar-refractivity contribution in [2.75, 3.05) is 38.0 Å². The number of benzene rings is 1. The van der Waals surface area contributed by atoms with Crippen molar-refractivity contribution in [3.63, 3.8) is 0 Å². The number of rotatable bonds is 6. The van der Waals surface area contributed by atoms with Crippen LogP contribution in [-0.4, -0.2) is 64.3 Å². The summed E-state index contributed by atoms with van der Waals surface area (Å²) in [4.78, 5) is 41.2. The van der Waals surface area contributed by atoms with Crippen molar-refractivity contribution in [2.24, 2.45) is 0 Å². The topological polar surface area (TPSA) is 78.4 Å². The Labute approximate surface area is 204 Å². The molecular formula is C26H31N5O2S. The molecule has 2 aromatic heterocycles. The lowest BCUT2D eigenvalue weighted by Crippen LogP contribution is -2.50. The molecule has 1 aromatic carbocycles. The molecule has 34 heavy (non-hydrogen) atoms. The van der Waals surface area contributed by atoms with Crippen molar-refractivity contribution < 1.29 is 9.59 Å². The number of hydrogen-bond acceptors (Lipinski definition) is 6. The Morgan fingerprint density at radius 3 is 2.53 bits per heavy atom. The molecule has 5 rings (SSSR count). The summed E-state index contributed by atoms with van der Waals surface area (Å²) in [6.45, 7) is 9.04. The van der Waals surface area contributed by atoms with Crippen LogP contribution < -0.4 is 5.32 Å². The fourth-order valence-corrected chi connectivity index (χ4v) is 5.89. The predicted octanol–water partition coefficient (Wildman–Crippen LogP) is 4.14. The van der Waals surface area contributed by atoms with Gasteiger partial charge in [0.25, 0.3) is 5.91 Å². The second kappa shape index (κ2) is 9.43. The van der Waals surface area contributed by atoms with Gasteiger partial charge in [0.05, 0.1) is 17.1 Å². The minimum Gasteiger partial charge on any atom is -0.335 e.